The van der Waals surface area contributed by atoms with Crippen molar-refractivity contribution in [3.8, 4) is 0 Å². The van der Waals surface area contributed by atoms with Crippen LogP contribution in [0.2, 0.25) is 5.15 Å². The van der Waals surface area contributed by atoms with E-state index in [2.05, 4.69) is 47.9 Å². The second-order valence-corrected chi connectivity index (χ2v) is 6.82. The maximum atomic E-state index is 6.08. The zero-order valence-electron chi connectivity index (χ0n) is 12.9. The third kappa shape index (κ3) is 4.32. The van der Waals surface area contributed by atoms with Crippen LogP contribution in [0.4, 0.5) is 5.82 Å². The molecule has 0 radical (unpaired) electrons. The van der Waals surface area contributed by atoms with Gasteiger partial charge in [-0.1, -0.05) is 39.3 Å². The van der Waals surface area contributed by atoms with E-state index in [1.165, 1.54) is 12.8 Å². The largest absolute Gasteiger partial charge is 0.369 e. The van der Waals surface area contributed by atoms with E-state index in [1.807, 2.05) is 0 Å². The number of nitrogens with zero attached hydrogens (tertiary/aromatic N) is 3. The number of rotatable bonds is 6. The molecule has 1 fully saturated rings. The van der Waals surface area contributed by atoms with Gasteiger partial charge in [0.15, 0.2) is 0 Å². The van der Waals surface area contributed by atoms with E-state index in [0.717, 1.165) is 37.3 Å². The smallest absolute Gasteiger partial charge is 0.137 e. The van der Waals surface area contributed by atoms with Gasteiger partial charge in [-0.15, -0.1) is 0 Å². The lowest BCUT2D eigenvalue weighted by Crippen LogP contribution is -2.31. The van der Waals surface area contributed by atoms with Gasteiger partial charge in [0.05, 0.1) is 0 Å². The lowest BCUT2D eigenvalue weighted by molar-refractivity contribution is 0.289. The Morgan fingerprint density at radius 1 is 1.35 bits per heavy atom. The number of hydrogen-bond acceptors (Lipinski definition) is 4. The molecule has 1 saturated carbocycles. The Morgan fingerprint density at radius 3 is 2.60 bits per heavy atom. The molecule has 0 unspecified atom stereocenters. The van der Waals surface area contributed by atoms with E-state index in [9.17, 15) is 0 Å². The number of hydrogen-bond donors (Lipinski definition) is 1. The first kappa shape index (κ1) is 15.5. The number of likely N-dealkylation sites (N-methyl/N-ethyl adjacent to an activating group) is 1. The molecule has 4 nitrogen and oxygen atoms in total. The number of aromatic nitrogens is 2. The fourth-order valence-corrected chi connectivity index (χ4v) is 2.39. The van der Waals surface area contributed by atoms with Gasteiger partial charge in [-0.3, -0.25) is 4.90 Å². The van der Waals surface area contributed by atoms with Crippen molar-refractivity contribution in [2.45, 2.75) is 52.0 Å². The summed E-state index contributed by atoms with van der Waals surface area (Å²) in [6, 6.07) is 2.60. The summed E-state index contributed by atoms with van der Waals surface area (Å²) in [6.07, 6.45) is 2.70. The van der Waals surface area contributed by atoms with Crippen LogP contribution in [0.1, 0.15) is 46.4 Å². The molecular weight excluding hydrogens is 272 g/mol. The Morgan fingerprint density at radius 2 is 2.05 bits per heavy atom. The molecule has 1 N–H and O–H groups in total. The molecule has 1 aromatic heterocycles. The predicted molar refractivity (Wildman–Crippen MR) is 84.5 cm³/mol. The van der Waals surface area contributed by atoms with E-state index in [4.69, 9.17) is 11.6 Å². The Balaban J connectivity index is 1.93. The van der Waals surface area contributed by atoms with E-state index >= 15 is 0 Å². The van der Waals surface area contributed by atoms with Crippen LogP contribution in [0.3, 0.4) is 0 Å². The van der Waals surface area contributed by atoms with Crippen LogP contribution >= 0.6 is 11.6 Å². The van der Waals surface area contributed by atoms with Crippen molar-refractivity contribution >= 4 is 17.4 Å². The molecule has 0 spiro atoms. The number of nitrogens with one attached hydrogen (secondary N) is 1. The highest BCUT2D eigenvalue weighted by molar-refractivity contribution is 6.29. The van der Waals surface area contributed by atoms with Gasteiger partial charge in [0, 0.05) is 30.6 Å². The van der Waals surface area contributed by atoms with E-state index < -0.39 is 0 Å². The van der Waals surface area contributed by atoms with Gasteiger partial charge >= 0.3 is 0 Å². The molecule has 0 aliphatic heterocycles. The molecule has 0 saturated heterocycles. The molecule has 0 bridgehead atoms. The summed E-state index contributed by atoms with van der Waals surface area (Å²) in [5, 5.41) is 3.87. The Kier molecular flexibility index (Phi) is 4.86. The molecule has 1 aliphatic rings. The second-order valence-electron chi connectivity index (χ2n) is 6.44. The van der Waals surface area contributed by atoms with Gasteiger partial charge in [0.25, 0.3) is 0 Å². The Hall–Kier alpha value is -0.870. The maximum absolute atomic E-state index is 6.08. The maximum Gasteiger partial charge on any atom is 0.137 e. The molecule has 0 amide bonds. The highest BCUT2D eigenvalue weighted by Gasteiger charge is 2.27. The Bertz CT molecular complexity index is 452. The monoisotopic (exact) mass is 296 g/mol. The lowest BCUT2D eigenvalue weighted by Gasteiger charge is -2.21. The normalized spacial score (nSPS) is 15.7. The quantitative estimate of drug-likeness (QED) is 0.818. The van der Waals surface area contributed by atoms with Crippen LogP contribution in [0, 0.1) is 0 Å². The van der Waals surface area contributed by atoms with E-state index in [1.54, 1.807) is 6.07 Å². The summed E-state index contributed by atoms with van der Waals surface area (Å²) in [5.74, 6) is 1.60. The molecule has 5 heteroatoms. The first-order valence-corrected chi connectivity index (χ1v) is 7.81. The first-order chi connectivity index (χ1) is 9.40. The van der Waals surface area contributed by atoms with Crippen LogP contribution in [0.5, 0.6) is 0 Å². The molecule has 112 valence electrons. The van der Waals surface area contributed by atoms with Crippen LogP contribution in [0.25, 0.3) is 0 Å². The van der Waals surface area contributed by atoms with Crippen molar-refractivity contribution in [3.05, 3.63) is 17.0 Å². The Labute approximate surface area is 126 Å². The SMILES string of the molecule is CCN(CCNc1cc(Cl)nc(C(C)(C)C)n1)C1CC1. The zero-order chi connectivity index (χ0) is 14.8. The summed E-state index contributed by atoms with van der Waals surface area (Å²) in [6.45, 7) is 11.5. The topological polar surface area (TPSA) is 41.0 Å². The molecule has 20 heavy (non-hydrogen) atoms. The standard InChI is InChI=1S/C15H25ClN4/c1-5-20(11-6-7-11)9-8-17-13-10-12(16)18-14(19-13)15(2,3)4/h10-11H,5-9H2,1-4H3,(H,17,18,19). The minimum absolute atomic E-state index is 0.0925. The number of halogens is 1. The molecule has 1 aromatic rings. The van der Waals surface area contributed by atoms with Crippen molar-refractivity contribution in [2.75, 3.05) is 25.0 Å². The van der Waals surface area contributed by atoms with Crippen LogP contribution in [-0.4, -0.2) is 40.5 Å². The van der Waals surface area contributed by atoms with Crippen molar-refractivity contribution < 1.29 is 0 Å². The van der Waals surface area contributed by atoms with Crippen molar-refractivity contribution in [1.82, 2.24) is 14.9 Å². The second kappa shape index (κ2) is 6.27. The zero-order valence-corrected chi connectivity index (χ0v) is 13.7. The van der Waals surface area contributed by atoms with Gasteiger partial charge in [-0.25, -0.2) is 9.97 Å². The van der Waals surface area contributed by atoms with E-state index in [0.29, 0.717) is 5.15 Å². The fraction of sp³-hybridized carbons (Fsp3) is 0.733. The van der Waals surface area contributed by atoms with Gasteiger partial charge in [0.1, 0.15) is 16.8 Å². The van der Waals surface area contributed by atoms with Crippen LogP contribution in [0.15, 0.2) is 6.07 Å². The van der Waals surface area contributed by atoms with Crippen molar-refractivity contribution in [2.24, 2.45) is 0 Å². The highest BCUT2D eigenvalue weighted by atomic mass is 35.5. The van der Waals surface area contributed by atoms with E-state index in [-0.39, 0.29) is 5.41 Å². The summed E-state index contributed by atoms with van der Waals surface area (Å²) in [7, 11) is 0. The van der Waals surface area contributed by atoms with Gasteiger partial charge in [-0.05, 0) is 19.4 Å². The fourth-order valence-electron chi connectivity index (χ4n) is 2.21. The minimum atomic E-state index is -0.0925. The first-order valence-electron chi connectivity index (χ1n) is 7.43. The third-order valence-corrected chi connectivity index (χ3v) is 3.73. The van der Waals surface area contributed by atoms with Gasteiger partial charge in [0.2, 0.25) is 0 Å². The van der Waals surface area contributed by atoms with Crippen molar-refractivity contribution in [1.29, 1.82) is 0 Å². The van der Waals surface area contributed by atoms with Crippen LogP contribution in [-0.2, 0) is 5.41 Å². The molecule has 1 heterocycles. The molecule has 0 aromatic carbocycles. The minimum Gasteiger partial charge on any atom is -0.369 e. The van der Waals surface area contributed by atoms with Gasteiger partial charge < -0.3 is 5.32 Å². The predicted octanol–water partition coefficient (Wildman–Crippen LogP) is 3.32. The summed E-state index contributed by atoms with van der Waals surface area (Å²) >= 11 is 6.08. The lowest BCUT2D eigenvalue weighted by atomic mass is 9.96. The average molecular weight is 297 g/mol. The summed E-state index contributed by atoms with van der Waals surface area (Å²) < 4.78 is 0. The summed E-state index contributed by atoms with van der Waals surface area (Å²) in [5.41, 5.74) is -0.0925. The average Bonchev–Trinajstić information content (AvgIpc) is 3.17. The molecule has 1 aliphatic carbocycles. The van der Waals surface area contributed by atoms with Crippen LogP contribution < -0.4 is 5.32 Å². The molecular formula is C15H25ClN4. The third-order valence-electron chi connectivity index (χ3n) is 3.54. The molecule has 0 atom stereocenters. The highest BCUT2D eigenvalue weighted by Crippen LogP contribution is 2.26. The molecule has 2 rings (SSSR count). The number of anilines is 1. The van der Waals surface area contributed by atoms with Gasteiger partial charge in [-0.2, -0.15) is 0 Å². The van der Waals surface area contributed by atoms with Crippen molar-refractivity contribution in [3.63, 3.8) is 0 Å². The summed E-state index contributed by atoms with van der Waals surface area (Å²) in [4.78, 5) is 11.4.